The first kappa shape index (κ1) is 16.3. The van der Waals surface area contributed by atoms with E-state index in [1.54, 1.807) is 6.07 Å². The van der Waals surface area contributed by atoms with Gasteiger partial charge in [-0.1, -0.05) is 12.1 Å². The molecule has 24 heavy (non-hydrogen) atoms. The number of nitrogens with one attached hydrogen (secondary N) is 2. The van der Waals surface area contributed by atoms with Gasteiger partial charge in [-0.3, -0.25) is 9.89 Å². The van der Waals surface area contributed by atoms with Gasteiger partial charge in [0, 0.05) is 5.56 Å². The fourth-order valence-corrected chi connectivity index (χ4v) is 2.80. The molecule has 8 heteroatoms. The van der Waals surface area contributed by atoms with Crippen molar-refractivity contribution < 1.29 is 18.0 Å². The first-order valence-corrected chi connectivity index (χ1v) is 7.85. The zero-order valence-electron chi connectivity index (χ0n) is 12.2. The minimum Gasteiger partial charge on any atom is -0.346 e. The van der Waals surface area contributed by atoms with Crippen LogP contribution >= 0.6 is 11.3 Å². The van der Waals surface area contributed by atoms with Crippen LogP contribution in [0.2, 0.25) is 0 Å². The summed E-state index contributed by atoms with van der Waals surface area (Å²) < 4.78 is 38.0. The number of aromatic amines is 1. The summed E-state index contributed by atoms with van der Waals surface area (Å²) in [7, 11) is 0. The first-order chi connectivity index (χ1) is 11.4. The van der Waals surface area contributed by atoms with Crippen LogP contribution in [-0.2, 0) is 12.7 Å². The maximum atomic E-state index is 12.7. The van der Waals surface area contributed by atoms with Crippen LogP contribution in [0.1, 0.15) is 21.6 Å². The molecule has 2 N–H and O–H groups in total. The SMILES string of the molecule is O=C(NCc1cc(-c2cccs2)n[nH]1)c1cccc(C(F)(F)F)c1. The molecule has 0 atom stereocenters. The number of nitrogens with zero attached hydrogens (tertiary/aromatic N) is 1. The second-order valence-corrected chi connectivity index (χ2v) is 5.96. The highest BCUT2D eigenvalue weighted by Crippen LogP contribution is 2.29. The smallest absolute Gasteiger partial charge is 0.346 e. The van der Waals surface area contributed by atoms with Gasteiger partial charge in [0.15, 0.2) is 0 Å². The van der Waals surface area contributed by atoms with E-state index >= 15 is 0 Å². The van der Waals surface area contributed by atoms with Crippen LogP contribution in [-0.4, -0.2) is 16.1 Å². The van der Waals surface area contributed by atoms with E-state index in [2.05, 4.69) is 15.5 Å². The Balaban J connectivity index is 1.66. The first-order valence-electron chi connectivity index (χ1n) is 6.97. The van der Waals surface area contributed by atoms with Crippen LogP contribution in [0.15, 0.2) is 47.8 Å². The van der Waals surface area contributed by atoms with Gasteiger partial charge in [0.25, 0.3) is 5.91 Å². The lowest BCUT2D eigenvalue weighted by Gasteiger charge is -2.08. The predicted molar refractivity (Wildman–Crippen MR) is 84.5 cm³/mol. The maximum Gasteiger partial charge on any atom is 0.416 e. The van der Waals surface area contributed by atoms with E-state index < -0.39 is 17.6 Å². The lowest BCUT2D eigenvalue weighted by molar-refractivity contribution is -0.137. The Morgan fingerprint density at radius 3 is 2.75 bits per heavy atom. The Morgan fingerprint density at radius 2 is 2.04 bits per heavy atom. The number of amides is 1. The summed E-state index contributed by atoms with van der Waals surface area (Å²) in [4.78, 5) is 13.0. The Kier molecular flexibility index (Phi) is 4.39. The fraction of sp³-hybridized carbons (Fsp3) is 0.125. The van der Waals surface area contributed by atoms with E-state index in [1.165, 1.54) is 23.5 Å². The molecule has 124 valence electrons. The van der Waals surface area contributed by atoms with E-state index in [4.69, 9.17) is 0 Å². The average Bonchev–Trinajstić information content (AvgIpc) is 3.23. The molecule has 3 aromatic rings. The molecule has 1 amide bonds. The van der Waals surface area contributed by atoms with Gasteiger partial charge in [-0.05, 0) is 35.7 Å². The molecular weight excluding hydrogens is 339 g/mol. The largest absolute Gasteiger partial charge is 0.416 e. The molecule has 0 fully saturated rings. The van der Waals surface area contributed by atoms with Gasteiger partial charge in [-0.25, -0.2) is 0 Å². The number of hydrogen-bond donors (Lipinski definition) is 2. The number of rotatable bonds is 4. The summed E-state index contributed by atoms with van der Waals surface area (Å²) in [6.45, 7) is 0.146. The molecule has 0 spiro atoms. The number of carbonyl (C=O) groups excluding carboxylic acids is 1. The Morgan fingerprint density at radius 1 is 1.21 bits per heavy atom. The molecule has 2 heterocycles. The van der Waals surface area contributed by atoms with E-state index in [0.717, 1.165) is 22.7 Å². The minimum absolute atomic E-state index is 0.0391. The van der Waals surface area contributed by atoms with Crippen molar-refractivity contribution in [3.63, 3.8) is 0 Å². The normalized spacial score (nSPS) is 11.5. The molecule has 0 radical (unpaired) electrons. The topological polar surface area (TPSA) is 57.8 Å². The van der Waals surface area contributed by atoms with E-state index in [1.807, 2.05) is 17.5 Å². The number of H-pyrrole nitrogens is 1. The second-order valence-electron chi connectivity index (χ2n) is 5.02. The van der Waals surface area contributed by atoms with Crippen LogP contribution in [0.4, 0.5) is 13.2 Å². The molecule has 0 saturated heterocycles. The quantitative estimate of drug-likeness (QED) is 0.744. The standard InChI is InChI=1S/C16H12F3N3OS/c17-16(18,19)11-4-1-3-10(7-11)15(23)20-9-12-8-13(22-21-12)14-5-2-6-24-14/h1-8H,9H2,(H,20,23)(H,21,22). The van der Waals surface area contributed by atoms with Crippen LogP contribution in [0.5, 0.6) is 0 Å². The predicted octanol–water partition coefficient (Wildman–Crippen LogP) is 4.09. The lowest BCUT2D eigenvalue weighted by Crippen LogP contribution is -2.23. The highest BCUT2D eigenvalue weighted by molar-refractivity contribution is 7.13. The van der Waals surface area contributed by atoms with Crippen molar-refractivity contribution in [3.05, 3.63) is 64.7 Å². The van der Waals surface area contributed by atoms with Crippen LogP contribution in [0.3, 0.4) is 0 Å². The van der Waals surface area contributed by atoms with Gasteiger partial charge in [0.1, 0.15) is 5.69 Å². The summed E-state index contributed by atoms with van der Waals surface area (Å²) in [5, 5.41) is 11.4. The van der Waals surface area contributed by atoms with Crippen LogP contribution in [0.25, 0.3) is 10.6 Å². The molecule has 2 aromatic heterocycles. The number of alkyl halides is 3. The lowest BCUT2D eigenvalue weighted by atomic mass is 10.1. The minimum atomic E-state index is -4.48. The fourth-order valence-electron chi connectivity index (χ4n) is 2.12. The zero-order chi connectivity index (χ0) is 17.2. The molecule has 0 bridgehead atoms. The molecule has 0 aliphatic rings. The van der Waals surface area contributed by atoms with Crippen LogP contribution < -0.4 is 5.32 Å². The van der Waals surface area contributed by atoms with Gasteiger partial charge >= 0.3 is 6.18 Å². The number of thiophene rings is 1. The van der Waals surface area contributed by atoms with Crippen molar-refractivity contribution >= 4 is 17.2 Å². The summed E-state index contributed by atoms with van der Waals surface area (Å²) in [5.74, 6) is -0.576. The van der Waals surface area contributed by atoms with E-state index in [0.29, 0.717) is 5.69 Å². The van der Waals surface area contributed by atoms with Crippen molar-refractivity contribution in [1.29, 1.82) is 0 Å². The molecule has 0 saturated carbocycles. The Labute approximate surface area is 139 Å². The average molecular weight is 351 g/mol. The summed E-state index contributed by atoms with van der Waals surface area (Å²) in [6, 6.07) is 9.93. The second kappa shape index (κ2) is 6.48. The number of hydrogen-bond acceptors (Lipinski definition) is 3. The van der Waals surface area contributed by atoms with Gasteiger partial charge in [-0.2, -0.15) is 18.3 Å². The van der Waals surface area contributed by atoms with Crippen molar-refractivity contribution in [2.75, 3.05) is 0 Å². The summed E-state index contributed by atoms with van der Waals surface area (Å²) >= 11 is 1.54. The Bertz CT molecular complexity index is 840. The number of benzene rings is 1. The van der Waals surface area contributed by atoms with Gasteiger partial charge in [0.05, 0.1) is 22.7 Å². The molecule has 1 aromatic carbocycles. The van der Waals surface area contributed by atoms with Gasteiger partial charge in [-0.15, -0.1) is 11.3 Å². The zero-order valence-corrected chi connectivity index (χ0v) is 13.0. The summed E-state index contributed by atoms with van der Waals surface area (Å²) in [6.07, 6.45) is -4.48. The third-order valence-corrected chi connectivity index (χ3v) is 4.19. The van der Waals surface area contributed by atoms with Gasteiger partial charge < -0.3 is 5.32 Å². The van der Waals surface area contributed by atoms with Crippen LogP contribution in [0, 0.1) is 0 Å². The van der Waals surface area contributed by atoms with E-state index in [9.17, 15) is 18.0 Å². The van der Waals surface area contributed by atoms with Gasteiger partial charge in [0.2, 0.25) is 0 Å². The van der Waals surface area contributed by atoms with E-state index in [-0.39, 0.29) is 12.1 Å². The molecular formula is C16H12F3N3OS. The molecule has 0 unspecified atom stereocenters. The van der Waals surface area contributed by atoms with Crippen molar-refractivity contribution in [3.8, 4) is 10.6 Å². The highest BCUT2D eigenvalue weighted by Gasteiger charge is 2.30. The number of carbonyl (C=O) groups is 1. The third-order valence-electron chi connectivity index (χ3n) is 3.30. The Hall–Kier alpha value is -2.61. The maximum absolute atomic E-state index is 12.7. The van der Waals surface area contributed by atoms with Crippen molar-refractivity contribution in [1.82, 2.24) is 15.5 Å². The monoisotopic (exact) mass is 351 g/mol. The van der Waals surface area contributed by atoms with Crippen molar-refractivity contribution in [2.24, 2.45) is 0 Å². The molecule has 4 nitrogen and oxygen atoms in total. The highest BCUT2D eigenvalue weighted by atomic mass is 32.1. The number of halogens is 3. The van der Waals surface area contributed by atoms with Crippen molar-refractivity contribution in [2.45, 2.75) is 12.7 Å². The number of aromatic nitrogens is 2. The molecule has 0 aliphatic carbocycles. The third kappa shape index (κ3) is 3.65. The molecule has 0 aliphatic heterocycles. The summed E-state index contributed by atoms with van der Waals surface area (Å²) in [5.41, 5.74) is 0.534. The molecule has 3 rings (SSSR count).